The Morgan fingerprint density at radius 3 is 2.09 bits per heavy atom. The molecule has 0 radical (unpaired) electrons. The third-order valence-corrected chi connectivity index (χ3v) is 8.87. The lowest BCUT2D eigenvalue weighted by molar-refractivity contribution is -0.133. The number of nitrogens with zero attached hydrogens (tertiary/aromatic N) is 1. The summed E-state index contributed by atoms with van der Waals surface area (Å²) in [4.78, 5) is 89.3. The van der Waals surface area contributed by atoms with Gasteiger partial charge in [0.05, 0.1) is 6.54 Å². The van der Waals surface area contributed by atoms with Crippen molar-refractivity contribution >= 4 is 52.3 Å². The van der Waals surface area contributed by atoms with Crippen molar-refractivity contribution in [3.8, 4) is 0 Å². The van der Waals surface area contributed by atoms with Gasteiger partial charge in [-0.15, -0.1) is 0 Å². The Bertz CT molecular complexity index is 1970. The van der Waals surface area contributed by atoms with Gasteiger partial charge in [-0.2, -0.15) is 0 Å². The fraction of sp³-hybridized carbons (Fsp3) is 0.359. The molecule has 2 aromatic heterocycles. The number of guanidine groups is 1. The number of hydrogen-bond acceptors (Lipinski definition) is 7. The zero-order chi connectivity index (χ0) is 40.6. The fourth-order valence-electron chi connectivity index (χ4n) is 6.07. The summed E-state index contributed by atoms with van der Waals surface area (Å²) < 4.78 is 0. The first kappa shape index (κ1) is 42.1. The molecule has 6 amide bonds. The second-order valence-corrected chi connectivity index (χ2v) is 13.8. The first-order valence-corrected chi connectivity index (χ1v) is 18.4. The van der Waals surface area contributed by atoms with Gasteiger partial charge in [0.25, 0.3) is 5.91 Å². The number of aliphatic imine (C=N–C) groups is 1. The Balaban J connectivity index is 1.43. The van der Waals surface area contributed by atoms with Crippen LogP contribution >= 0.6 is 0 Å². The van der Waals surface area contributed by atoms with Crippen molar-refractivity contribution in [2.45, 2.75) is 70.1 Å². The fourth-order valence-corrected chi connectivity index (χ4v) is 6.07. The van der Waals surface area contributed by atoms with Gasteiger partial charge in [0.15, 0.2) is 5.96 Å². The van der Waals surface area contributed by atoms with E-state index in [1.165, 1.54) is 0 Å². The predicted octanol–water partition coefficient (Wildman–Crippen LogP) is 0.235. The number of nitrogens with two attached hydrogens (primary N) is 3. The number of carbonyl (C=O) groups excluding carboxylic acids is 6. The minimum Gasteiger partial charge on any atom is -0.370 e. The molecule has 298 valence electrons. The van der Waals surface area contributed by atoms with Gasteiger partial charge < -0.3 is 53.8 Å². The van der Waals surface area contributed by atoms with Gasteiger partial charge in [0.1, 0.15) is 29.9 Å². The monoisotopic (exact) mass is 769 g/mol. The molecule has 0 saturated carbocycles. The lowest BCUT2D eigenvalue weighted by Crippen LogP contribution is -2.57. The highest BCUT2D eigenvalue weighted by molar-refractivity contribution is 5.98. The van der Waals surface area contributed by atoms with E-state index < -0.39 is 66.2 Å². The molecule has 0 aliphatic carbocycles. The average molecular weight is 770 g/mol. The second kappa shape index (κ2) is 20.7. The van der Waals surface area contributed by atoms with Gasteiger partial charge in [0.2, 0.25) is 29.5 Å². The number of fused-ring (bicyclic) bond motifs is 1. The lowest BCUT2D eigenvalue weighted by Gasteiger charge is -2.25. The molecular weight excluding hydrogens is 718 g/mol. The van der Waals surface area contributed by atoms with Crippen LogP contribution in [0.5, 0.6) is 0 Å². The largest absolute Gasteiger partial charge is 0.370 e. The standard InChI is InChI=1S/C39H51N11O6/c1-23(2)18-31(47-33(51)22-46-35(53)32(19-24-10-4-3-5-11-24)50-36(54)28-14-8-16-43-28)38(56)48-29(15-9-17-44-39(41)42)37(55)49-30(34(40)52)20-25-21-45-27-13-7-6-12-26(25)27/h3-8,10-14,16,21,23,29-32,43,45H,9,15,17-20,22H2,1-2H3,(H2,40,52)(H,46,53)(H,47,51)(H,48,56)(H,49,55)(H,50,54)(H4,41,42,44)/t29-,30-,31-,32-/m0/s1. The van der Waals surface area contributed by atoms with Crippen LogP contribution in [0.2, 0.25) is 0 Å². The van der Waals surface area contributed by atoms with Crippen LogP contribution in [-0.4, -0.2) is 88.6 Å². The topological polar surface area (TPSA) is 285 Å². The van der Waals surface area contributed by atoms with E-state index in [4.69, 9.17) is 17.2 Å². The van der Waals surface area contributed by atoms with Crippen molar-refractivity contribution < 1.29 is 28.8 Å². The maximum atomic E-state index is 13.8. The molecule has 4 rings (SSSR count). The summed E-state index contributed by atoms with van der Waals surface area (Å²) in [5.74, 6) is -4.07. The third-order valence-electron chi connectivity index (χ3n) is 8.87. The molecule has 4 atom stereocenters. The Hall–Kier alpha value is -6.65. The molecule has 56 heavy (non-hydrogen) atoms. The molecule has 0 aliphatic rings. The molecule has 13 N–H and O–H groups in total. The van der Waals surface area contributed by atoms with Gasteiger partial charge in [-0.25, -0.2) is 0 Å². The van der Waals surface area contributed by atoms with Crippen molar-refractivity contribution in [1.29, 1.82) is 0 Å². The normalized spacial score (nSPS) is 13.1. The van der Waals surface area contributed by atoms with Crippen molar-refractivity contribution in [3.63, 3.8) is 0 Å². The van der Waals surface area contributed by atoms with Crippen LogP contribution in [0, 0.1) is 5.92 Å². The maximum Gasteiger partial charge on any atom is 0.268 e. The number of amides is 6. The van der Waals surface area contributed by atoms with E-state index in [-0.39, 0.29) is 56.2 Å². The van der Waals surface area contributed by atoms with Crippen LogP contribution in [0.15, 0.2) is 84.1 Å². The van der Waals surface area contributed by atoms with Crippen molar-refractivity contribution in [2.75, 3.05) is 13.1 Å². The number of hydrogen-bond donors (Lipinski definition) is 10. The number of para-hydroxylation sites is 1. The summed E-state index contributed by atoms with van der Waals surface area (Å²) in [7, 11) is 0. The molecule has 0 fully saturated rings. The van der Waals surface area contributed by atoms with E-state index in [0.29, 0.717) is 0 Å². The molecule has 0 unspecified atom stereocenters. The summed E-state index contributed by atoms with van der Waals surface area (Å²) in [6, 6.07) is 15.4. The molecule has 0 saturated heterocycles. The van der Waals surface area contributed by atoms with Gasteiger partial charge in [-0.3, -0.25) is 33.8 Å². The number of nitrogens with one attached hydrogen (secondary N) is 7. The Morgan fingerprint density at radius 1 is 0.714 bits per heavy atom. The number of aromatic amines is 2. The highest BCUT2D eigenvalue weighted by Crippen LogP contribution is 2.19. The molecule has 0 bridgehead atoms. The summed E-state index contributed by atoms with van der Waals surface area (Å²) in [6.07, 6.45) is 4.15. The predicted molar refractivity (Wildman–Crippen MR) is 212 cm³/mol. The quantitative estimate of drug-likeness (QED) is 0.0317. The number of benzene rings is 2. The second-order valence-electron chi connectivity index (χ2n) is 13.8. The third kappa shape index (κ3) is 13.0. The van der Waals surface area contributed by atoms with E-state index in [1.807, 2.05) is 68.4 Å². The van der Waals surface area contributed by atoms with Crippen LogP contribution in [0.25, 0.3) is 10.9 Å². The SMILES string of the molecule is CC(C)C[C@H](NC(=O)CNC(=O)[C@H](Cc1ccccc1)NC(=O)c1ccc[nH]1)C(=O)N[C@@H](CCCN=C(N)N)C(=O)N[C@@H](Cc1c[nH]c2ccccc12)C(N)=O. The molecule has 0 spiro atoms. The lowest BCUT2D eigenvalue weighted by atomic mass is 10.0. The Labute approximate surface area is 324 Å². The smallest absolute Gasteiger partial charge is 0.268 e. The van der Waals surface area contributed by atoms with Gasteiger partial charge in [-0.1, -0.05) is 62.4 Å². The molecule has 0 aliphatic heterocycles. The zero-order valence-electron chi connectivity index (χ0n) is 31.5. The number of H-pyrrole nitrogens is 2. The van der Waals surface area contributed by atoms with Gasteiger partial charge in [-0.05, 0) is 54.5 Å². The van der Waals surface area contributed by atoms with E-state index in [0.717, 1.165) is 22.0 Å². The number of aromatic nitrogens is 2. The summed E-state index contributed by atoms with van der Waals surface area (Å²) in [6.45, 7) is 3.38. The first-order valence-electron chi connectivity index (χ1n) is 18.4. The number of rotatable bonds is 21. The van der Waals surface area contributed by atoms with E-state index in [2.05, 4.69) is 41.5 Å². The summed E-state index contributed by atoms with van der Waals surface area (Å²) in [5, 5.41) is 14.2. The van der Waals surface area contributed by atoms with E-state index in [9.17, 15) is 28.8 Å². The maximum absolute atomic E-state index is 13.8. The van der Waals surface area contributed by atoms with E-state index in [1.54, 1.807) is 24.5 Å². The van der Waals surface area contributed by atoms with Crippen molar-refractivity contribution in [3.05, 3.63) is 95.9 Å². The molecule has 2 aromatic carbocycles. The summed E-state index contributed by atoms with van der Waals surface area (Å²) >= 11 is 0. The molecule has 4 aromatic rings. The van der Waals surface area contributed by atoms with Crippen LogP contribution in [0.3, 0.4) is 0 Å². The van der Waals surface area contributed by atoms with E-state index >= 15 is 0 Å². The van der Waals surface area contributed by atoms with Gasteiger partial charge in [0, 0.05) is 42.7 Å². The molecule has 17 heteroatoms. The first-order chi connectivity index (χ1) is 26.8. The number of primary amides is 1. The van der Waals surface area contributed by atoms with Crippen molar-refractivity contribution in [2.24, 2.45) is 28.1 Å². The van der Waals surface area contributed by atoms with Crippen molar-refractivity contribution in [1.82, 2.24) is 36.6 Å². The van der Waals surface area contributed by atoms with Gasteiger partial charge >= 0.3 is 0 Å². The highest BCUT2D eigenvalue weighted by atomic mass is 16.2. The van der Waals surface area contributed by atoms with Crippen LogP contribution in [-0.2, 0) is 36.8 Å². The molecule has 2 heterocycles. The number of carbonyl (C=O) groups is 6. The van der Waals surface area contributed by atoms with Crippen LogP contribution in [0.4, 0.5) is 0 Å². The zero-order valence-corrected chi connectivity index (χ0v) is 31.5. The Morgan fingerprint density at radius 2 is 1.41 bits per heavy atom. The average Bonchev–Trinajstić information content (AvgIpc) is 3.85. The molecule has 17 nitrogen and oxygen atoms in total. The minimum atomic E-state index is -1.16. The van der Waals surface area contributed by atoms with Crippen LogP contribution < -0.4 is 43.8 Å². The molecular formula is C39H51N11O6. The van der Waals surface area contributed by atoms with Crippen LogP contribution in [0.1, 0.15) is 54.7 Å². The highest BCUT2D eigenvalue weighted by Gasteiger charge is 2.30. The minimum absolute atomic E-state index is 0.0661. The Kier molecular flexibility index (Phi) is 15.6. The summed E-state index contributed by atoms with van der Waals surface area (Å²) in [5.41, 5.74) is 19.3.